The van der Waals surface area contributed by atoms with Gasteiger partial charge in [-0.3, -0.25) is 20.0 Å². The van der Waals surface area contributed by atoms with Crippen LogP contribution in [0, 0.1) is 0 Å². The van der Waals surface area contributed by atoms with Gasteiger partial charge in [0.25, 0.3) is 11.8 Å². The van der Waals surface area contributed by atoms with Crippen molar-refractivity contribution < 1.29 is 14.4 Å². The molecule has 0 bridgehead atoms. The summed E-state index contributed by atoms with van der Waals surface area (Å²) in [6.07, 6.45) is 0. The van der Waals surface area contributed by atoms with Crippen LogP contribution in [0.25, 0.3) is 0 Å². The number of hydrazine groups is 1. The van der Waals surface area contributed by atoms with E-state index in [-0.39, 0.29) is 24.3 Å². The van der Waals surface area contributed by atoms with Crippen LogP contribution in [-0.2, 0) is 9.59 Å². The summed E-state index contributed by atoms with van der Waals surface area (Å²) in [5, 5.41) is 9.05. The van der Waals surface area contributed by atoms with Crippen molar-refractivity contribution in [3.05, 3.63) is 54.6 Å². The Hall–Kier alpha value is -3.88. The topological polar surface area (TPSA) is 115 Å². The van der Waals surface area contributed by atoms with Crippen molar-refractivity contribution in [3.8, 4) is 0 Å². The molecule has 2 aromatic rings. The molecule has 0 aliphatic carbocycles. The molecule has 0 saturated carbocycles. The molecule has 0 atom stereocenters. The summed E-state index contributed by atoms with van der Waals surface area (Å²) in [6.45, 7) is -0.125. The van der Waals surface area contributed by atoms with Crippen LogP contribution in [0.15, 0.2) is 59.6 Å². The van der Waals surface area contributed by atoms with E-state index in [9.17, 15) is 14.4 Å². The fraction of sp³-hybridized carbons (Fsp3) is 0.111. The van der Waals surface area contributed by atoms with Gasteiger partial charge in [-0.25, -0.2) is 9.80 Å². The zero-order valence-corrected chi connectivity index (χ0v) is 14.5. The zero-order valence-electron chi connectivity index (χ0n) is 14.5. The standard InChI is InChI=1S/C18H18N6O3/c1-19-18(27)22-13-9-7-12(8-10-13)21-17(26)16-20-11-15(25)24(23-16)14-5-3-2-4-6-14/h2-10H,11H2,1H3,(H,20,23)(H,21,26)(H2,19,22,27). The van der Waals surface area contributed by atoms with Gasteiger partial charge in [-0.15, -0.1) is 0 Å². The van der Waals surface area contributed by atoms with Crippen LogP contribution in [0.1, 0.15) is 0 Å². The lowest BCUT2D eigenvalue weighted by Crippen LogP contribution is -2.54. The molecule has 9 nitrogen and oxygen atoms in total. The molecule has 1 heterocycles. The Bertz CT molecular complexity index is 880. The smallest absolute Gasteiger partial charge is 0.318 e. The number of hydrogen-bond donors (Lipinski definition) is 4. The first-order valence-corrected chi connectivity index (χ1v) is 8.16. The maximum Gasteiger partial charge on any atom is 0.318 e. The molecule has 0 aromatic heterocycles. The molecular weight excluding hydrogens is 348 g/mol. The molecule has 0 saturated heterocycles. The van der Waals surface area contributed by atoms with Gasteiger partial charge in [0.2, 0.25) is 5.84 Å². The number of para-hydroxylation sites is 1. The normalized spacial score (nSPS) is 13.3. The highest BCUT2D eigenvalue weighted by atomic mass is 16.2. The van der Waals surface area contributed by atoms with Crippen LogP contribution in [0.3, 0.4) is 0 Å². The van der Waals surface area contributed by atoms with Crippen LogP contribution in [0.5, 0.6) is 0 Å². The number of aliphatic imine (C=N–C) groups is 1. The third kappa shape index (κ3) is 4.40. The number of anilines is 3. The minimum Gasteiger partial charge on any atom is -0.341 e. The summed E-state index contributed by atoms with van der Waals surface area (Å²) in [4.78, 5) is 39.8. The average molecular weight is 366 g/mol. The number of hydrogen-bond acceptors (Lipinski definition) is 5. The molecular formula is C18H18N6O3. The van der Waals surface area contributed by atoms with Crippen molar-refractivity contribution >= 4 is 40.7 Å². The highest BCUT2D eigenvalue weighted by molar-refractivity contribution is 6.43. The molecule has 138 valence electrons. The maximum atomic E-state index is 12.4. The number of amidine groups is 1. The Labute approximate surface area is 155 Å². The number of benzene rings is 2. The molecule has 4 N–H and O–H groups in total. The number of nitrogens with one attached hydrogen (secondary N) is 4. The molecule has 2 aromatic carbocycles. The molecule has 0 radical (unpaired) electrons. The van der Waals surface area contributed by atoms with Gasteiger partial charge in [0, 0.05) is 18.4 Å². The van der Waals surface area contributed by atoms with Gasteiger partial charge in [0.1, 0.15) is 6.54 Å². The number of carbonyl (C=O) groups is 3. The number of amides is 4. The highest BCUT2D eigenvalue weighted by Gasteiger charge is 2.25. The Morgan fingerprint density at radius 2 is 1.63 bits per heavy atom. The monoisotopic (exact) mass is 366 g/mol. The first-order chi connectivity index (χ1) is 13.1. The average Bonchev–Trinajstić information content (AvgIpc) is 2.70. The summed E-state index contributed by atoms with van der Waals surface area (Å²) >= 11 is 0. The largest absolute Gasteiger partial charge is 0.341 e. The summed E-state index contributed by atoms with van der Waals surface area (Å²) in [5.74, 6) is -0.705. The van der Waals surface area contributed by atoms with E-state index in [0.717, 1.165) is 0 Å². The molecule has 0 fully saturated rings. The zero-order chi connectivity index (χ0) is 19.2. The highest BCUT2D eigenvalue weighted by Crippen LogP contribution is 2.15. The molecule has 1 aliphatic heterocycles. The molecule has 0 unspecified atom stereocenters. The van der Waals surface area contributed by atoms with E-state index >= 15 is 0 Å². The molecule has 9 heteroatoms. The van der Waals surface area contributed by atoms with Gasteiger partial charge >= 0.3 is 6.03 Å². The van der Waals surface area contributed by atoms with E-state index in [0.29, 0.717) is 17.1 Å². The predicted octanol–water partition coefficient (Wildman–Crippen LogP) is 1.33. The van der Waals surface area contributed by atoms with Crippen LogP contribution >= 0.6 is 0 Å². The quantitative estimate of drug-likeness (QED) is 0.653. The number of rotatable bonds is 4. The number of carbonyl (C=O) groups excluding carboxylic acids is 3. The van der Waals surface area contributed by atoms with E-state index in [4.69, 9.17) is 0 Å². The molecule has 4 amide bonds. The molecule has 0 spiro atoms. The second-order valence-electron chi connectivity index (χ2n) is 5.58. The maximum absolute atomic E-state index is 12.4. The van der Waals surface area contributed by atoms with Gasteiger partial charge in [0.05, 0.1) is 5.69 Å². The first kappa shape index (κ1) is 17.9. The molecule has 3 rings (SSSR count). The van der Waals surface area contributed by atoms with Crippen LogP contribution in [-0.4, -0.2) is 37.3 Å². The fourth-order valence-electron chi connectivity index (χ4n) is 2.35. The van der Waals surface area contributed by atoms with E-state index in [1.165, 1.54) is 12.1 Å². The lowest BCUT2D eigenvalue weighted by molar-refractivity contribution is -0.118. The van der Waals surface area contributed by atoms with Gasteiger partial charge < -0.3 is 16.0 Å². The van der Waals surface area contributed by atoms with Crippen molar-refractivity contribution in [2.24, 2.45) is 4.99 Å². The lowest BCUT2D eigenvalue weighted by atomic mass is 10.2. The third-order valence-electron chi connectivity index (χ3n) is 3.70. The van der Waals surface area contributed by atoms with Crippen LogP contribution < -0.4 is 26.4 Å². The number of urea groups is 1. The van der Waals surface area contributed by atoms with Crippen molar-refractivity contribution in [1.82, 2.24) is 10.7 Å². The molecule has 27 heavy (non-hydrogen) atoms. The van der Waals surface area contributed by atoms with Gasteiger partial charge in [0.15, 0.2) is 0 Å². The Balaban J connectivity index is 1.65. The van der Waals surface area contributed by atoms with E-state index in [1.807, 2.05) is 6.07 Å². The minimum absolute atomic E-state index is 0.0333. The van der Waals surface area contributed by atoms with Crippen molar-refractivity contribution in [2.75, 3.05) is 29.2 Å². The summed E-state index contributed by atoms with van der Waals surface area (Å²) < 4.78 is 0. The van der Waals surface area contributed by atoms with E-state index in [1.54, 1.807) is 48.5 Å². The Morgan fingerprint density at radius 1 is 1.00 bits per heavy atom. The van der Waals surface area contributed by atoms with E-state index < -0.39 is 5.91 Å². The number of nitrogens with zero attached hydrogens (tertiary/aromatic N) is 2. The minimum atomic E-state index is -0.476. The van der Waals surface area contributed by atoms with Crippen molar-refractivity contribution in [1.29, 1.82) is 0 Å². The van der Waals surface area contributed by atoms with Gasteiger partial charge in [-0.2, -0.15) is 0 Å². The first-order valence-electron chi connectivity index (χ1n) is 8.16. The third-order valence-corrected chi connectivity index (χ3v) is 3.70. The SMILES string of the molecule is CNC(=O)Nc1ccc(NC(=O)C2=NCC(=O)N(c3ccccc3)N2)cc1. The second kappa shape index (κ2) is 8.00. The molecule has 1 aliphatic rings. The van der Waals surface area contributed by atoms with E-state index in [2.05, 4.69) is 26.4 Å². The fourth-order valence-corrected chi connectivity index (χ4v) is 2.35. The summed E-state index contributed by atoms with van der Waals surface area (Å²) in [5.41, 5.74) is 4.47. The second-order valence-corrected chi connectivity index (χ2v) is 5.58. The van der Waals surface area contributed by atoms with Gasteiger partial charge in [-0.05, 0) is 36.4 Å². The van der Waals surface area contributed by atoms with Crippen LogP contribution in [0.4, 0.5) is 21.9 Å². The summed E-state index contributed by atoms with van der Waals surface area (Å²) in [6, 6.07) is 15.2. The Kier molecular flexibility index (Phi) is 5.31. The lowest BCUT2D eigenvalue weighted by Gasteiger charge is -2.27. The van der Waals surface area contributed by atoms with Gasteiger partial charge in [-0.1, -0.05) is 18.2 Å². The predicted molar refractivity (Wildman–Crippen MR) is 103 cm³/mol. The summed E-state index contributed by atoms with van der Waals surface area (Å²) in [7, 11) is 1.52. The Morgan fingerprint density at radius 3 is 2.26 bits per heavy atom. The van der Waals surface area contributed by atoms with Crippen molar-refractivity contribution in [2.45, 2.75) is 0 Å². The van der Waals surface area contributed by atoms with Crippen molar-refractivity contribution in [3.63, 3.8) is 0 Å². The van der Waals surface area contributed by atoms with Crippen LogP contribution in [0.2, 0.25) is 0 Å².